The highest BCUT2D eigenvalue weighted by Crippen LogP contribution is 2.24. The Hall–Kier alpha value is -1.14. The second-order valence-electron chi connectivity index (χ2n) is 7.11. The van der Waals surface area contributed by atoms with Crippen molar-refractivity contribution >= 4 is 17.4 Å². The van der Waals surface area contributed by atoms with E-state index in [1.807, 2.05) is 38.0 Å². The van der Waals surface area contributed by atoms with E-state index in [-0.39, 0.29) is 12.2 Å². The maximum Gasteiger partial charge on any atom is 0.410 e. The number of carbonyl (C=O) groups is 1. The van der Waals surface area contributed by atoms with Gasteiger partial charge in [-0.1, -0.05) is 0 Å². The summed E-state index contributed by atoms with van der Waals surface area (Å²) in [5.41, 5.74) is -0.434. The number of amides is 1. The maximum atomic E-state index is 12.2. The van der Waals surface area contributed by atoms with E-state index in [1.54, 1.807) is 17.5 Å². The van der Waals surface area contributed by atoms with Crippen molar-refractivity contribution in [1.82, 2.24) is 9.88 Å². The Morgan fingerprint density at radius 2 is 2.30 bits per heavy atom. The van der Waals surface area contributed by atoms with Gasteiger partial charge in [-0.2, -0.15) is 0 Å². The summed E-state index contributed by atoms with van der Waals surface area (Å²) in [5, 5.41) is 2.98. The molecule has 0 aromatic carbocycles. The minimum absolute atomic E-state index is 0.0422. The lowest BCUT2D eigenvalue weighted by molar-refractivity contribution is 0.0106. The molecule has 0 aliphatic carbocycles. The summed E-state index contributed by atoms with van der Waals surface area (Å²) in [6, 6.07) is 0. The standard InChI is InChI=1S/C17H28N2O3S/c1-13(15-18-8-11-23-15)21-10-7-14-6-5-9-19(12-14)16(20)22-17(2,3)4/h8,11,13-14H,5-7,9-10,12H2,1-4H3. The van der Waals surface area contributed by atoms with Gasteiger partial charge in [0.2, 0.25) is 0 Å². The normalized spacial score (nSPS) is 20.3. The first-order chi connectivity index (χ1) is 10.8. The molecule has 6 heteroatoms. The fourth-order valence-corrected chi connectivity index (χ4v) is 3.35. The number of carbonyl (C=O) groups excluding carboxylic acids is 1. The fourth-order valence-electron chi connectivity index (χ4n) is 2.71. The zero-order chi connectivity index (χ0) is 16.9. The molecule has 23 heavy (non-hydrogen) atoms. The van der Waals surface area contributed by atoms with E-state index in [2.05, 4.69) is 4.98 Å². The molecular weight excluding hydrogens is 312 g/mol. The van der Waals surface area contributed by atoms with Gasteiger partial charge in [0.15, 0.2) is 0 Å². The van der Waals surface area contributed by atoms with Crippen LogP contribution in [0.25, 0.3) is 0 Å². The summed E-state index contributed by atoms with van der Waals surface area (Å²) in [6.07, 6.45) is 4.80. The Morgan fingerprint density at radius 3 is 2.96 bits per heavy atom. The Bertz CT molecular complexity index is 485. The summed E-state index contributed by atoms with van der Waals surface area (Å²) >= 11 is 1.62. The molecule has 0 N–H and O–H groups in total. The zero-order valence-corrected chi connectivity index (χ0v) is 15.4. The van der Waals surface area contributed by atoms with Crippen LogP contribution in [-0.2, 0) is 9.47 Å². The summed E-state index contributed by atoms with van der Waals surface area (Å²) in [4.78, 5) is 18.3. The second-order valence-corrected chi connectivity index (χ2v) is 8.03. The fraction of sp³-hybridized carbons (Fsp3) is 0.765. The van der Waals surface area contributed by atoms with Crippen LogP contribution in [0, 0.1) is 5.92 Å². The monoisotopic (exact) mass is 340 g/mol. The molecule has 0 spiro atoms. The Labute approximate surface area is 143 Å². The van der Waals surface area contributed by atoms with Crippen LogP contribution in [0.4, 0.5) is 4.79 Å². The minimum atomic E-state index is -0.434. The molecule has 0 bridgehead atoms. The van der Waals surface area contributed by atoms with E-state index in [1.165, 1.54) is 0 Å². The summed E-state index contributed by atoms with van der Waals surface area (Å²) in [6.45, 7) is 10.0. The predicted molar refractivity (Wildman–Crippen MR) is 91.6 cm³/mol. The number of nitrogens with zero attached hydrogens (tertiary/aromatic N) is 2. The van der Waals surface area contributed by atoms with Gasteiger partial charge in [0.05, 0.1) is 0 Å². The molecule has 2 heterocycles. The van der Waals surface area contributed by atoms with Gasteiger partial charge in [-0.05, 0) is 52.9 Å². The maximum absolute atomic E-state index is 12.2. The van der Waals surface area contributed by atoms with Crippen molar-refractivity contribution in [1.29, 1.82) is 0 Å². The summed E-state index contributed by atoms with van der Waals surface area (Å²) in [5.74, 6) is 0.486. The van der Waals surface area contributed by atoms with E-state index in [9.17, 15) is 4.79 Å². The van der Waals surface area contributed by atoms with Gasteiger partial charge >= 0.3 is 6.09 Å². The molecule has 1 aromatic rings. The average Bonchev–Trinajstić information content (AvgIpc) is 3.00. The van der Waals surface area contributed by atoms with Gasteiger partial charge < -0.3 is 14.4 Å². The molecule has 5 nitrogen and oxygen atoms in total. The van der Waals surface area contributed by atoms with Crippen molar-refractivity contribution in [2.75, 3.05) is 19.7 Å². The van der Waals surface area contributed by atoms with Crippen molar-refractivity contribution in [2.45, 2.75) is 58.7 Å². The van der Waals surface area contributed by atoms with Crippen LogP contribution in [-0.4, -0.2) is 41.3 Å². The molecule has 1 aromatic heterocycles. The van der Waals surface area contributed by atoms with E-state index in [0.29, 0.717) is 12.5 Å². The third-order valence-corrected chi connectivity index (χ3v) is 4.80. The first-order valence-electron chi connectivity index (χ1n) is 8.34. The number of ether oxygens (including phenoxy) is 2. The first kappa shape index (κ1) is 18.2. The van der Waals surface area contributed by atoms with Crippen molar-refractivity contribution in [3.63, 3.8) is 0 Å². The molecule has 0 saturated carbocycles. The van der Waals surface area contributed by atoms with Crippen LogP contribution in [0.15, 0.2) is 11.6 Å². The molecule has 130 valence electrons. The largest absolute Gasteiger partial charge is 0.444 e. The third-order valence-electron chi connectivity index (χ3n) is 3.86. The number of piperidine rings is 1. The van der Waals surface area contributed by atoms with Crippen LogP contribution < -0.4 is 0 Å². The molecule has 0 radical (unpaired) electrons. The van der Waals surface area contributed by atoms with Crippen molar-refractivity contribution in [3.05, 3.63) is 16.6 Å². The van der Waals surface area contributed by atoms with Gasteiger partial charge in [-0.25, -0.2) is 9.78 Å². The lowest BCUT2D eigenvalue weighted by Gasteiger charge is -2.34. The molecule has 2 rings (SSSR count). The quantitative estimate of drug-likeness (QED) is 0.804. The SMILES string of the molecule is CC(OCCC1CCCN(C(=O)OC(C)(C)C)C1)c1nccs1. The predicted octanol–water partition coefficient (Wildman–Crippen LogP) is 4.26. The molecule has 2 atom stereocenters. The van der Waals surface area contributed by atoms with Gasteiger partial charge in [-0.3, -0.25) is 0 Å². The topological polar surface area (TPSA) is 51.7 Å². The number of hydrogen-bond acceptors (Lipinski definition) is 5. The van der Waals surface area contributed by atoms with Gasteiger partial charge in [0.25, 0.3) is 0 Å². The van der Waals surface area contributed by atoms with Crippen molar-refractivity contribution in [3.8, 4) is 0 Å². The molecule has 1 saturated heterocycles. The van der Waals surface area contributed by atoms with E-state index in [4.69, 9.17) is 9.47 Å². The van der Waals surface area contributed by atoms with Gasteiger partial charge in [0.1, 0.15) is 16.7 Å². The molecule has 1 fully saturated rings. The average molecular weight is 340 g/mol. The van der Waals surface area contributed by atoms with Crippen LogP contribution >= 0.6 is 11.3 Å². The summed E-state index contributed by atoms with van der Waals surface area (Å²) < 4.78 is 11.3. The van der Waals surface area contributed by atoms with Gasteiger partial charge in [-0.15, -0.1) is 11.3 Å². The lowest BCUT2D eigenvalue weighted by atomic mass is 9.95. The second kappa shape index (κ2) is 8.11. The number of thiazole rings is 1. The molecule has 1 aliphatic rings. The number of aromatic nitrogens is 1. The van der Waals surface area contributed by atoms with Crippen LogP contribution in [0.5, 0.6) is 0 Å². The molecule has 1 aliphatic heterocycles. The first-order valence-corrected chi connectivity index (χ1v) is 9.22. The number of likely N-dealkylation sites (tertiary alicyclic amines) is 1. The number of rotatable bonds is 5. The van der Waals surface area contributed by atoms with E-state index in [0.717, 1.165) is 37.4 Å². The molecular formula is C17H28N2O3S. The van der Waals surface area contributed by atoms with Crippen LogP contribution in [0.1, 0.15) is 58.1 Å². The zero-order valence-electron chi connectivity index (χ0n) is 14.6. The van der Waals surface area contributed by atoms with E-state index < -0.39 is 5.60 Å². The smallest absolute Gasteiger partial charge is 0.410 e. The highest BCUT2D eigenvalue weighted by Gasteiger charge is 2.27. The van der Waals surface area contributed by atoms with Crippen molar-refractivity contribution < 1.29 is 14.3 Å². The van der Waals surface area contributed by atoms with E-state index >= 15 is 0 Å². The van der Waals surface area contributed by atoms with Crippen molar-refractivity contribution in [2.24, 2.45) is 5.92 Å². The van der Waals surface area contributed by atoms with Crippen LogP contribution in [0.3, 0.4) is 0 Å². The molecule has 2 unspecified atom stereocenters. The summed E-state index contributed by atoms with van der Waals surface area (Å²) in [7, 11) is 0. The van der Waals surface area contributed by atoms with Gasteiger partial charge in [0, 0.05) is 31.3 Å². The Morgan fingerprint density at radius 1 is 1.52 bits per heavy atom. The Kier molecular flexibility index (Phi) is 6.41. The van der Waals surface area contributed by atoms with Crippen LogP contribution in [0.2, 0.25) is 0 Å². The highest BCUT2D eigenvalue weighted by molar-refractivity contribution is 7.09. The number of hydrogen-bond donors (Lipinski definition) is 0. The highest BCUT2D eigenvalue weighted by atomic mass is 32.1. The minimum Gasteiger partial charge on any atom is -0.444 e. The molecule has 1 amide bonds. The lowest BCUT2D eigenvalue weighted by Crippen LogP contribution is -2.43. The Balaban J connectivity index is 1.72. The third kappa shape index (κ3) is 6.11.